The largest absolute Gasteiger partial charge is 0.341 e. The van der Waals surface area contributed by atoms with Gasteiger partial charge >= 0.3 is 0 Å². The van der Waals surface area contributed by atoms with Gasteiger partial charge in [0.15, 0.2) is 0 Å². The molecule has 0 unspecified atom stereocenters. The normalized spacial score (nSPS) is 16.8. The zero-order chi connectivity index (χ0) is 15.2. The molecule has 0 saturated carbocycles. The lowest BCUT2D eigenvalue weighted by Gasteiger charge is -2.37. The molecule has 0 bridgehead atoms. The van der Waals surface area contributed by atoms with Gasteiger partial charge in [0.05, 0.1) is 6.04 Å². The summed E-state index contributed by atoms with van der Waals surface area (Å²) in [5.41, 5.74) is 7.21. The predicted molar refractivity (Wildman–Crippen MR) is 100 cm³/mol. The van der Waals surface area contributed by atoms with Crippen molar-refractivity contribution in [3.63, 3.8) is 0 Å². The maximum Gasteiger partial charge on any atom is 0.239 e. The van der Waals surface area contributed by atoms with Crippen LogP contribution in [0.5, 0.6) is 0 Å². The van der Waals surface area contributed by atoms with Gasteiger partial charge in [-0.2, -0.15) is 0 Å². The van der Waals surface area contributed by atoms with E-state index in [4.69, 9.17) is 5.73 Å². The Labute approximate surface area is 152 Å². The second kappa shape index (κ2) is 10.9. The fraction of sp³-hybridized carbons (Fsp3) is 0.588. The molecule has 1 aliphatic heterocycles. The second-order valence-corrected chi connectivity index (χ2v) is 5.96. The van der Waals surface area contributed by atoms with Crippen LogP contribution in [0.2, 0.25) is 0 Å². The third kappa shape index (κ3) is 6.30. The molecular weight excluding hydrogens is 333 g/mol. The van der Waals surface area contributed by atoms with Crippen LogP contribution < -0.4 is 5.73 Å². The molecule has 1 aromatic rings. The van der Waals surface area contributed by atoms with Gasteiger partial charge < -0.3 is 10.6 Å². The topological polar surface area (TPSA) is 49.6 Å². The van der Waals surface area contributed by atoms with E-state index in [0.29, 0.717) is 12.5 Å². The molecule has 1 aliphatic rings. The Balaban J connectivity index is 0.00000242. The molecule has 1 heterocycles. The number of likely N-dealkylation sites (tertiary alicyclic amines) is 1. The molecule has 1 aromatic carbocycles. The van der Waals surface area contributed by atoms with E-state index < -0.39 is 0 Å². The van der Waals surface area contributed by atoms with E-state index in [0.717, 1.165) is 32.5 Å². The monoisotopic (exact) mass is 361 g/mol. The predicted octanol–water partition coefficient (Wildman–Crippen LogP) is 2.69. The third-order valence-corrected chi connectivity index (χ3v) is 4.46. The number of carbonyl (C=O) groups is 1. The van der Waals surface area contributed by atoms with Gasteiger partial charge in [-0.05, 0) is 24.8 Å². The van der Waals surface area contributed by atoms with Crippen LogP contribution in [0.15, 0.2) is 30.3 Å². The lowest BCUT2D eigenvalue weighted by Crippen LogP contribution is -2.50. The van der Waals surface area contributed by atoms with Crippen molar-refractivity contribution in [2.45, 2.75) is 44.8 Å². The zero-order valence-electron chi connectivity index (χ0n) is 14.0. The Kier molecular flexibility index (Phi) is 10.5. The van der Waals surface area contributed by atoms with Crippen molar-refractivity contribution in [3.05, 3.63) is 35.9 Å². The van der Waals surface area contributed by atoms with E-state index in [2.05, 4.69) is 29.2 Å². The first-order valence-electron chi connectivity index (χ1n) is 7.90. The van der Waals surface area contributed by atoms with Gasteiger partial charge in [0.2, 0.25) is 5.91 Å². The first-order valence-corrected chi connectivity index (χ1v) is 7.90. The molecule has 1 amide bonds. The summed E-state index contributed by atoms with van der Waals surface area (Å²) >= 11 is 0. The number of piperidine rings is 1. The molecule has 0 radical (unpaired) electrons. The van der Waals surface area contributed by atoms with Crippen molar-refractivity contribution in [3.8, 4) is 0 Å². The summed E-state index contributed by atoms with van der Waals surface area (Å²) in [6, 6.07) is 10.5. The van der Waals surface area contributed by atoms with E-state index >= 15 is 0 Å². The molecule has 2 N–H and O–H groups in total. The van der Waals surface area contributed by atoms with Gasteiger partial charge in [0, 0.05) is 32.7 Å². The fourth-order valence-corrected chi connectivity index (χ4v) is 2.92. The average Bonchev–Trinajstić information content (AvgIpc) is 2.54. The highest BCUT2D eigenvalue weighted by atomic mass is 35.5. The summed E-state index contributed by atoms with van der Waals surface area (Å²) < 4.78 is 0. The van der Waals surface area contributed by atoms with Crippen LogP contribution in [-0.4, -0.2) is 47.9 Å². The average molecular weight is 362 g/mol. The minimum absolute atomic E-state index is 0. The molecule has 23 heavy (non-hydrogen) atoms. The minimum atomic E-state index is -0.350. The Morgan fingerprint density at radius 3 is 2.35 bits per heavy atom. The highest BCUT2D eigenvalue weighted by molar-refractivity contribution is 5.85. The summed E-state index contributed by atoms with van der Waals surface area (Å²) in [6.45, 7) is 5.04. The van der Waals surface area contributed by atoms with Crippen LogP contribution >= 0.6 is 24.8 Å². The third-order valence-electron chi connectivity index (χ3n) is 4.46. The van der Waals surface area contributed by atoms with Crippen molar-refractivity contribution >= 4 is 30.7 Å². The molecule has 132 valence electrons. The molecule has 1 saturated heterocycles. The fourth-order valence-electron chi connectivity index (χ4n) is 2.92. The maximum absolute atomic E-state index is 12.1. The van der Waals surface area contributed by atoms with Crippen LogP contribution in [0.3, 0.4) is 0 Å². The number of halogens is 2. The molecule has 0 aromatic heterocycles. The minimum Gasteiger partial charge on any atom is -0.341 e. The van der Waals surface area contributed by atoms with Crippen LogP contribution in [0.1, 0.15) is 31.7 Å². The maximum atomic E-state index is 12.1. The Morgan fingerprint density at radius 2 is 1.83 bits per heavy atom. The van der Waals surface area contributed by atoms with E-state index in [1.54, 1.807) is 0 Å². The summed E-state index contributed by atoms with van der Waals surface area (Å²) in [6.07, 6.45) is 2.77. The lowest BCUT2D eigenvalue weighted by atomic mass is 10.0. The number of nitrogens with zero attached hydrogens (tertiary/aromatic N) is 2. The number of benzene rings is 1. The van der Waals surface area contributed by atoms with Crippen LogP contribution in [0.25, 0.3) is 0 Å². The number of rotatable bonds is 5. The van der Waals surface area contributed by atoms with Gasteiger partial charge in [-0.3, -0.25) is 9.69 Å². The van der Waals surface area contributed by atoms with E-state index in [9.17, 15) is 4.79 Å². The first-order chi connectivity index (χ1) is 10.1. The standard InChI is InChI=1S/C17H27N3O.2ClH/c1-3-16(18)17(21)19(2)15-9-11-20(12-10-15)13-14-7-5-4-6-8-14;;/h4-8,15-16H,3,9-13,18H2,1-2H3;2*1H/t16-;;/m0../s1. The Hall–Kier alpha value is -0.810. The Morgan fingerprint density at radius 1 is 1.26 bits per heavy atom. The van der Waals surface area contributed by atoms with Crippen molar-refractivity contribution in [1.82, 2.24) is 9.80 Å². The van der Waals surface area contributed by atoms with E-state index in [1.165, 1.54) is 5.56 Å². The number of hydrogen-bond acceptors (Lipinski definition) is 3. The van der Waals surface area contributed by atoms with Crippen molar-refractivity contribution in [2.75, 3.05) is 20.1 Å². The first kappa shape index (κ1) is 22.2. The molecule has 1 fully saturated rings. The lowest BCUT2D eigenvalue weighted by molar-refractivity contribution is -0.134. The van der Waals surface area contributed by atoms with Gasteiger partial charge in [-0.25, -0.2) is 0 Å². The molecule has 0 aliphatic carbocycles. The van der Waals surface area contributed by atoms with Gasteiger partial charge in [0.25, 0.3) is 0 Å². The van der Waals surface area contributed by atoms with Crippen molar-refractivity contribution in [1.29, 1.82) is 0 Å². The summed E-state index contributed by atoms with van der Waals surface area (Å²) in [5.74, 6) is 0.0824. The van der Waals surface area contributed by atoms with Crippen molar-refractivity contribution < 1.29 is 4.79 Å². The molecule has 2 rings (SSSR count). The van der Waals surface area contributed by atoms with Gasteiger partial charge in [0.1, 0.15) is 0 Å². The molecule has 0 spiro atoms. The van der Waals surface area contributed by atoms with E-state index in [1.807, 2.05) is 24.9 Å². The highest BCUT2D eigenvalue weighted by Gasteiger charge is 2.27. The van der Waals surface area contributed by atoms with Gasteiger partial charge in [-0.1, -0.05) is 37.3 Å². The molecule has 6 heteroatoms. The quantitative estimate of drug-likeness (QED) is 0.876. The summed E-state index contributed by atoms with van der Waals surface area (Å²) in [5, 5.41) is 0. The van der Waals surface area contributed by atoms with E-state index in [-0.39, 0.29) is 36.8 Å². The number of nitrogens with two attached hydrogens (primary N) is 1. The molecule has 1 atom stereocenters. The summed E-state index contributed by atoms with van der Waals surface area (Å²) in [4.78, 5) is 16.5. The second-order valence-electron chi connectivity index (χ2n) is 5.96. The van der Waals surface area contributed by atoms with Gasteiger partial charge in [-0.15, -0.1) is 24.8 Å². The molecule has 4 nitrogen and oxygen atoms in total. The number of carbonyl (C=O) groups excluding carboxylic acids is 1. The van der Waals surface area contributed by atoms with Crippen LogP contribution in [0, 0.1) is 0 Å². The Bertz CT molecular complexity index is 450. The van der Waals surface area contributed by atoms with Crippen LogP contribution in [0.4, 0.5) is 0 Å². The molecular formula is C17H29Cl2N3O. The number of hydrogen-bond donors (Lipinski definition) is 1. The van der Waals surface area contributed by atoms with Crippen molar-refractivity contribution in [2.24, 2.45) is 5.73 Å². The van der Waals surface area contributed by atoms with Crippen LogP contribution in [-0.2, 0) is 11.3 Å². The number of amides is 1. The highest BCUT2D eigenvalue weighted by Crippen LogP contribution is 2.18. The SMILES string of the molecule is CC[C@H](N)C(=O)N(C)C1CCN(Cc2ccccc2)CC1.Cl.Cl. The summed E-state index contributed by atoms with van der Waals surface area (Å²) in [7, 11) is 1.90. The number of likely N-dealkylation sites (N-methyl/N-ethyl adjacent to an activating group) is 1. The smallest absolute Gasteiger partial charge is 0.239 e. The zero-order valence-corrected chi connectivity index (χ0v) is 15.6.